The number of hydrogen-bond donors (Lipinski definition) is 1. The number of nitrogens with zero attached hydrogens (tertiary/aromatic N) is 1. The number of ether oxygens (including phenoxy) is 3. The van der Waals surface area contributed by atoms with Crippen LogP contribution in [-0.2, 0) is 41.0 Å². The van der Waals surface area contributed by atoms with Crippen molar-refractivity contribution in [3.05, 3.63) is 87.7 Å². The van der Waals surface area contributed by atoms with Crippen molar-refractivity contribution in [3.8, 4) is 16.9 Å². The summed E-state index contributed by atoms with van der Waals surface area (Å²) in [6, 6.07) is 3.11. The van der Waals surface area contributed by atoms with Gasteiger partial charge in [0.2, 0.25) is 0 Å². The van der Waals surface area contributed by atoms with E-state index in [0.717, 1.165) is 19.1 Å². The molecular weight excluding hydrogens is 720 g/mol. The third-order valence-electron chi connectivity index (χ3n) is 7.68. The highest BCUT2D eigenvalue weighted by molar-refractivity contribution is 5.76. The fraction of sp³-hybridized carbons (Fsp3) is 0.429. The lowest BCUT2D eigenvalue weighted by atomic mass is 9.92. The first-order valence-electron chi connectivity index (χ1n) is 15.5. The fourth-order valence-electron chi connectivity index (χ4n) is 5.34. The topological polar surface area (TPSA) is 85.3 Å². The molecule has 0 aromatic heterocycles. The highest BCUT2D eigenvalue weighted by atomic mass is 19.4. The number of amides is 1. The van der Waals surface area contributed by atoms with Gasteiger partial charge in [-0.2, -0.15) is 39.5 Å². The molecule has 0 aliphatic carbocycles. The van der Waals surface area contributed by atoms with E-state index < -0.39 is 83.1 Å². The van der Waals surface area contributed by atoms with E-state index in [-0.39, 0.29) is 52.6 Å². The predicted octanol–water partition coefficient (Wildman–Crippen LogP) is 11.1. The van der Waals surface area contributed by atoms with Gasteiger partial charge in [0, 0.05) is 11.6 Å². The summed E-state index contributed by atoms with van der Waals surface area (Å²) in [7, 11) is 1.18. The lowest BCUT2D eigenvalue weighted by Gasteiger charge is -2.36. The highest BCUT2D eigenvalue weighted by Crippen LogP contribution is 2.42. The van der Waals surface area contributed by atoms with E-state index in [1.165, 1.54) is 33.9 Å². The lowest BCUT2D eigenvalue weighted by Crippen LogP contribution is -2.45. The molecule has 286 valence electrons. The van der Waals surface area contributed by atoms with Gasteiger partial charge in [-0.1, -0.05) is 19.4 Å². The molecule has 1 amide bonds. The molecule has 0 saturated carbocycles. The van der Waals surface area contributed by atoms with E-state index in [1.807, 2.05) is 0 Å². The average Bonchev–Trinajstić information content (AvgIpc) is 3.00. The van der Waals surface area contributed by atoms with Gasteiger partial charge in [-0.15, -0.1) is 0 Å². The summed E-state index contributed by atoms with van der Waals surface area (Å²) < 4.78 is 155. The molecule has 0 aliphatic heterocycles. The second kappa shape index (κ2) is 15.5. The summed E-state index contributed by atoms with van der Waals surface area (Å²) in [6.07, 6.45) is -20.7. The molecule has 0 heterocycles. The second-order valence-corrected chi connectivity index (χ2v) is 12.8. The Labute approximate surface area is 292 Å². The summed E-state index contributed by atoms with van der Waals surface area (Å²) in [5.41, 5.74) is -7.24. The lowest BCUT2D eigenvalue weighted by molar-refractivity contribution is -0.143. The van der Waals surface area contributed by atoms with E-state index in [2.05, 4.69) is 0 Å². The van der Waals surface area contributed by atoms with Crippen LogP contribution < -0.4 is 4.74 Å². The van der Waals surface area contributed by atoms with Crippen LogP contribution in [0.3, 0.4) is 0 Å². The third kappa shape index (κ3) is 10.4. The van der Waals surface area contributed by atoms with Gasteiger partial charge < -0.3 is 19.3 Å². The normalized spacial score (nSPS) is 13.7. The molecule has 0 saturated heterocycles. The van der Waals surface area contributed by atoms with Crippen molar-refractivity contribution in [1.82, 2.24) is 4.90 Å². The molecule has 0 spiro atoms. The minimum Gasteiger partial charge on any atom is -0.496 e. The van der Waals surface area contributed by atoms with Gasteiger partial charge in [0.25, 0.3) is 0 Å². The molecule has 52 heavy (non-hydrogen) atoms. The first-order valence-corrected chi connectivity index (χ1v) is 15.5. The van der Waals surface area contributed by atoms with Gasteiger partial charge in [-0.05, 0) is 92.8 Å². The van der Waals surface area contributed by atoms with Gasteiger partial charge in [-0.3, -0.25) is 4.90 Å². The molecule has 0 aliphatic rings. The Morgan fingerprint density at radius 3 is 1.81 bits per heavy atom. The first kappa shape index (κ1) is 41.7. The standard InChI is InChI=1S/C35H35F10NO6/c1-7-8-19-14-26(28(50-6)16-27(19)36)25-10-9-22(33(37,38)39)13-21(25)17-46(30(47)52-32(3,4)5)18(2)29(51-31(48)49)20-11-23(34(40,41)42)15-24(12-20)35(43,44)45/h9-16,18,29H,7-8,17H2,1-6H3,(H,48,49)/t18-,29-/m0/s1. The van der Waals surface area contributed by atoms with Crippen molar-refractivity contribution in [2.45, 2.75) is 90.3 Å². The maximum atomic E-state index is 14.9. The van der Waals surface area contributed by atoms with Crippen molar-refractivity contribution in [2.24, 2.45) is 0 Å². The van der Waals surface area contributed by atoms with E-state index >= 15 is 0 Å². The number of rotatable bonds is 10. The number of aryl methyl sites for hydroxylation is 1. The summed E-state index contributed by atoms with van der Waals surface area (Å²) in [6.45, 7) is 6.06. The summed E-state index contributed by atoms with van der Waals surface area (Å²) in [5, 5.41) is 9.55. The number of halogens is 10. The Hall–Kier alpha value is -4.70. The third-order valence-corrected chi connectivity index (χ3v) is 7.68. The molecule has 3 aromatic carbocycles. The van der Waals surface area contributed by atoms with Crippen molar-refractivity contribution in [1.29, 1.82) is 0 Å². The highest BCUT2D eigenvalue weighted by Gasteiger charge is 2.41. The van der Waals surface area contributed by atoms with Crippen LogP contribution in [0.4, 0.5) is 53.5 Å². The van der Waals surface area contributed by atoms with E-state index in [0.29, 0.717) is 23.5 Å². The SMILES string of the molecule is CCCc1cc(-c2ccc(C(F)(F)F)cc2CN(C(=O)OC(C)(C)C)[C@@H](C)[C@H](OC(=O)O)c2cc(C(F)(F)F)cc(C(F)(F)F)c2)c(OC)cc1F. The van der Waals surface area contributed by atoms with Gasteiger partial charge >= 0.3 is 30.8 Å². The van der Waals surface area contributed by atoms with Crippen LogP contribution in [0.25, 0.3) is 11.1 Å². The summed E-state index contributed by atoms with van der Waals surface area (Å²) >= 11 is 0. The number of methoxy groups -OCH3 is 1. The van der Waals surface area contributed by atoms with Crippen LogP contribution in [0.2, 0.25) is 0 Å². The number of hydrogen-bond acceptors (Lipinski definition) is 5. The van der Waals surface area contributed by atoms with Gasteiger partial charge in [0.05, 0.1) is 36.4 Å². The minimum absolute atomic E-state index is 0.0305. The quantitative estimate of drug-likeness (QED) is 0.164. The molecule has 0 fully saturated rings. The Balaban J connectivity index is 2.37. The maximum absolute atomic E-state index is 14.9. The molecular formula is C35H35F10NO6. The molecule has 17 heteroatoms. The molecule has 0 radical (unpaired) electrons. The van der Waals surface area contributed by atoms with Crippen molar-refractivity contribution < 1.29 is 72.8 Å². The average molecular weight is 756 g/mol. The van der Waals surface area contributed by atoms with Gasteiger partial charge in [0.15, 0.2) is 6.10 Å². The zero-order valence-electron chi connectivity index (χ0n) is 28.6. The monoisotopic (exact) mass is 755 g/mol. The second-order valence-electron chi connectivity index (χ2n) is 12.8. The predicted molar refractivity (Wildman–Crippen MR) is 167 cm³/mol. The van der Waals surface area contributed by atoms with E-state index in [9.17, 15) is 58.6 Å². The van der Waals surface area contributed by atoms with Gasteiger partial charge in [0.1, 0.15) is 17.2 Å². The number of alkyl halides is 9. The van der Waals surface area contributed by atoms with Crippen LogP contribution in [0.5, 0.6) is 5.75 Å². The van der Waals surface area contributed by atoms with Crippen LogP contribution >= 0.6 is 0 Å². The molecule has 0 unspecified atom stereocenters. The van der Waals surface area contributed by atoms with Gasteiger partial charge in [-0.25, -0.2) is 14.0 Å². The molecule has 3 rings (SSSR count). The number of benzene rings is 3. The van der Waals surface area contributed by atoms with Crippen molar-refractivity contribution >= 4 is 12.2 Å². The molecule has 3 aromatic rings. The number of carboxylic acid groups (broad SMARTS) is 1. The van der Waals surface area contributed by atoms with E-state index in [1.54, 1.807) is 6.92 Å². The molecule has 2 atom stereocenters. The molecule has 7 nitrogen and oxygen atoms in total. The Morgan fingerprint density at radius 1 is 0.788 bits per heavy atom. The van der Waals surface area contributed by atoms with Crippen LogP contribution in [-0.4, -0.2) is 41.0 Å². The fourth-order valence-corrected chi connectivity index (χ4v) is 5.34. The van der Waals surface area contributed by atoms with E-state index in [4.69, 9.17) is 14.2 Å². The van der Waals surface area contributed by atoms with Crippen LogP contribution in [0, 0.1) is 5.82 Å². The Bertz CT molecular complexity index is 1730. The smallest absolute Gasteiger partial charge is 0.496 e. The van der Waals surface area contributed by atoms with Crippen LogP contribution in [0.15, 0.2) is 48.5 Å². The Kier molecular flexibility index (Phi) is 12.4. The molecule has 0 bridgehead atoms. The van der Waals surface area contributed by atoms with Crippen LogP contribution in [0.1, 0.15) is 80.5 Å². The zero-order chi connectivity index (χ0) is 39.6. The maximum Gasteiger partial charge on any atom is 0.506 e. The number of carbonyl (C=O) groups is 2. The van der Waals surface area contributed by atoms with Crippen molar-refractivity contribution in [2.75, 3.05) is 7.11 Å². The number of carbonyl (C=O) groups excluding carboxylic acids is 1. The largest absolute Gasteiger partial charge is 0.506 e. The first-order chi connectivity index (χ1) is 23.8. The zero-order valence-corrected chi connectivity index (χ0v) is 28.6. The van der Waals surface area contributed by atoms with Crippen molar-refractivity contribution in [3.63, 3.8) is 0 Å². The minimum atomic E-state index is -5.35. The Morgan fingerprint density at radius 2 is 1.35 bits per heavy atom. The summed E-state index contributed by atoms with van der Waals surface area (Å²) in [5.74, 6) is -0.793. The summed E-state index contributed by atoms with van der Waals surface area (Å²) in [4.78, 5) is 26.2. The molecule has 1 N–H and O–H groups in total.